The van der Waals surface area contributed by atoms with Gasteiger partial charge in [0, 0.05) is 0 Å². The summed E-state index contributed by atoms with van der Waals surface area (Å²) in [5, 5.41) is 7.84. The van der Waals surface area contributed by atoms with Gasteiger partial charge in [-0.15, -0.1) is 11.8 Å². The third-order valence-corrected chi connectivity index (χ3v) is 4.33. The summed E-state index contributed by atoms with van der Waals surface area (Å²) in [6.07, 6.45) is 4.82. The average Bonchev–Trinajstić information content (AvgIpc) is 2.53. The van der Waals surface area contributed by atoms with Crippen molar-refractivity contribution in [2.75, 3.05) is 11.6 Å². The second-order valence-electron chi connectivity index (χ2n) is 5.90. The van der Waals surface area contributed by atoms with Crippen LogP contribution in [0.2, 0.25) is 0 Å². The molecule has 3 amide bonds. The van der Waals surface area contributed by atoms with Gasteiger partial charge in [-0.3, -0.25) is 14.4 Å². The van der Waals surface area contributed by atoms with Crippen LogP contribution < -0.4 is 21.7 Å². The molecule has 5 N–H and O–H groups in total. The zero-order valence-electron chi connectivity index (χ0n) is 15.2. The normalized spacial score (nSPS) is 14.4. The molecule has 0 aliphatic rings. The molecule has 0 fully saturated rings. The fourth-order valence-electron chi connectivity index (χ4n) is 1.79. The van der Waals surface area contributed by atoms with E-state index in [4.69, 9.17) is 5.73 Å². The van der Waals surface area contributed by atoms with E-state index in [1.807, 2.05) is 0 Å². The highest BCUT2D eigenvalue weighted by Gasteiger charge is 2.21. The first-order chi connectivity index (χ1) is 11.3. The molecule has 0 spiro atoms. The van der Waals surface area contributed by atoms with Gasteiger partial charge >= 0.3 is 0 Å². The van der Waals surface area contributed by atoms with E-state index in [1.165, 1.54) is 26.2 Å². The molecule has 7 nitrogen and oxygen atoms in total. The molecule has 0 aromatic rings. The van der Waals surface area contributed by atoms with Gasteiger partial charge in [0.05, 0.1) is 11.9 Å². The first kappa shape index (κ1) is 22.7. The van der Waals surface area contributed by atoms with Crippen LogP contribution in [-0.4, -0.2) is 47.5 Å². The van der Waals surface area contributed by atoms with Crippen LogP contribution >= 0.6 is 11.8 Å². The first-order valence-corrected chi connectivity index (χ1v) is 9.66. The van der Waals surface area contributed by atoms with Gasteiger partial charge in [0.25, 0.3) is 0 Å². The van der Waals surface area contributed by atoms with Crippen LogP contribution in [0.15, 0.2) is 0 Å². The minimum Gasteiger partial charge on any atom is -0.345 e. The molecule has 140 valence electrons. The Morgan fingerprint density at radius 1 is 0.917 bits per heavy atom. The summed E-state index contributed by atoms with van der Waals surface area (Å²) in [6, 6.07) is -2.09. The predicted molar refractivity (Wildman–Crippen MR) is 98.5 cm³/mol. The lowest BCUT2D eigenvalue weighted by molar-refractivity contribution is -0.131. The average molecular weight is 361 g/mol. The van der Waals surface area contributed by atoms with Gasteiger partial charge in [-0.05, 0) is 32.9 Å². The summed E-state index contributed by atoms with van der Waals surface area (Å²) in [5.74, 6) is 0.479. The topological polar surface area (TPSA) is 113 Å². The van der Waals surface area contributed by atoms with Gasteiger partial charge in [0.15, 0.2) is 0 Å². The van der Waals surface area contributed by atoms with E-state index in [0.717, 1.165) is 12.2 Å². The minimum absolute atomic E-state index is 0.241. The standard InChI is InChI=1S/C16H32N4O3S/c1-5-6-7-8-9-24-10-18-15(22)12(3)20-16(23)13(4)19-14(21)11(2)17/h11-13H,5-10,17H2,1-4H3,(H,18,22)(H,19,21)(H,20,23). The Kier molecular flexibility index (Phi) is 12.4. The van der Waals surface area contributed by atoms with Crippen molar-refractivity contribution >= 4 is 29.5 Å². The molecule has 0 saturated heterocycles. The maximum Gasteiger partial charge on any atom is 0.242 e. The van der Waals surface area contributed by atoms with Crippen molar-refractivity contribution in [3.05, 3.63) is 0 Å². The molecule has 0 bridgehead atoms. The lowest BCUT2D eigenvalue weighted by Crippen LogP contribution is -2.53. The maximum absolute atomic E-state index is 11.9. The number of unbranched alkanes of at least 4 members (excludes halogenated alkanes) is 3. The molecule has 0 saturated carbocycles. The molecule has 0 heterocycles. The third kappa shape index (κ3) is 10.5. The highest BCUT2D eigenvalue weighted by molar-refractivity contribution is 7.99. The molecule has 8 heteroatoms. The van der Waals surface area contributed by atoms with Crippen molar-refractivity contribution in [1.29, 1.82) is 0 Å². The number of nitrogens with one attached hydrogen (secondary N) is 3. The highest BCUT2D eigenvalue weighted by atomic mass is 32.2. The number of hydrogen-bond donors (Lipinski definition) is 4. The van der Waals surface area contributed by atoms with Crippen LogP contribution in [0.1, 0.15) is 53.4 Å². The monoisotopic (exact) mass is 360 g/mol. The summed E-state index contributed by atoms with van der Waals surface area (Å²) >= 11 is 1.67. The molecule has 0 aliphatic heterocycles. The lowest BCUT2D eigenvalue weighted by atomic mass is 10.2. The second kappa shape index (κ2) is 13.1. The molecule has 0 aliphatic carbocycles. The maximum atomic E-state index is 11.9. The van der Waals surface area contributed by atoms with E-state index in [9.17, 15) is 14.4 Å². The summed E-state index contributed by atoms with van der Waals surface area (Å²) in [5.41, 5.74) is 5.43. The second-order valence-corrected chi connectivity index (χ2v) is 7.01. The van der Waals surface area contributed by atoms with Gasteiger partial charge in [-0.25, -0.2) is 0 Å². The zero-order valence-corrected chi connectivity index (χ0v) is 16.0. The van der Waals surface area contributed by atoms with Crippen molar-refractivity contribution in [3.8, 4) is 0 Å². The number of rotatable bonds is 12. The SMILES string of the molecule is CCCCCCSCNC(=O)C(C)NC(=O)C(C)NC(=O)C(C)N. The van der Waals surface area contributed by atoms with Crippen molar-refractivity contribution < 1.29 is 14.4 Å². The van der Waals surface area contributed by atoms with Crippen LogP contribution in [0.4, 0.5) is 0 Å². The summed E-state index contributed by atoms with van der Waals surface area (Å²) in [4.78, 5) is 35.3. The first-order valence-electron chi connectivity index (χ1n) is 8.51. The quantitative estimate of drug-likeness (QED) is 0.303. The number of thioether (sulfide) groups is 1. The molecule has 3 unspecified atom stereocenters. The fourth-order valence-corrected chi connectivity index (χ4v) is 2.59. The molecule has 0 aromatic carbocycles. The van der Waals surface area contributed by atoms with E-state index in [1.54, 1.807) is 25.6 Å². The van der Waals surface area contributed by atoms with Crippen molar-refractivity contribution in [3.63, 3.8) is 0 Å². The van der Waals surface area contributed by atoms with Gasteiger partial charge in [0.2, 0.25) is 17.7 Å². The summed E-state index contributed by atoms with van der Waals surface area (Å²) < 4.78 is 0. The zero-order chi connectivity index (χ0) is 18.5. The van der Waals surface area contributed by atoms with Crippen LogP contribution in [-0.2, 0) is 14.4 Å². The molecule has 3 atom stereocenters. The third-order valence-electron chi connectivity index (χ3n) is 3.41. The Labute approximate surface area is 149 Å². The van der Waals surface area contributed by atoms with E-state index in [2.05, 4.69) is 22.9 Å². The molecule has 24 heavy (non-hydrogen) atoms. The number of carbonyl (C=O) groups is 3. The van der Waals surface area contributed by atoms with E-state index in [0.29, 0.717) is 5.88 Å². The molecule has 0 radical (unpaired) electrons. The molecule has 0 aromatic heterocycles. The van der Waals surface area contributed by atoms with E-state index in [-0.39, 0.29) is 5.91 Å². The highest BCUT2D eigenvalue weighted by Crippen LogP contribution is 2.06. The lowest BCUT2D eigenvalue weighted by Gasteiger charge is -2.19. The number of amides is 3. The Bertz CT molecular complexity index is 405. The number of nitrogens with two attached hydrogens (primary N) is 1. The van der Waals surface area contributed by atoms with Crippen LogP contribution in [0.25, 0.3) is 0 Å². The van der Waals surface area contributed by atoms with Gasteiger partial charge in [-0.1, -0.05) is 26.2 Å². The van der Waals surface area contributed by atoms with Crippen LogP contribution in [0.3, 0.4) is 0 Å². The Morgan fingerprint density at radius 2 is 1.50 bits per heavy atom. The predicted octanol–water partition coefficient (Wildman–Crippen LogP) is 0.730. The van der Waals surface area contributed by atoms with Crippen molar-refractivity contribution in [1.82, 2.24) is 16.0 Å². The summed E-state index contributed by atoms with van der Waals surface area (Å²) in [7, 11) is 0. The van der Waals surface area contributed by atoms with E-state index >= 15 is 0 Å². The fraction of sp³-hybridized carbons (Fsp3) is 0.812. The molecular weight excluding hydrogens is 328 g/mol. The Balaban J connectivity index is 3.95. The molecular formula is C16H32N4O3S. The van der Waals surface area contributed by atoms with Crippen molar-refractivity contribution in [2.45, 2.75) is 71.5 Å². The number of carbonyl (C=O) groups excluding carboxylic acids is 3. The van der Waals surface area contributed by atoms with Crippen LogP contribution in [0, 0.1) is 0 Å². The Morgan fingerprint density at radius 3 is 2.08 bits per heavy atom. The van der Waals surface area contributed by atoms with Gasteiger partial charge in [0.1, 0.15) is 12.1 Å². The summed E-state index contributed by atoms with van der Waals surface area (Å²) in [6.45, 7) is 6.87. The van der Waals surface area contributed by atoms with Crippen LogP contribution in [0.5, 0.6) is 0 Å². The minimum atomic E-state index is -0.744. The number of hydrogen-bond acceptors (Lipinski definition) is 5. The smallest absolute Gasteiger partial charge is 0.242 e. The van der Waals surface area contributed by atoms with Gasteiger partial charge < -0.3 is 21.7 Å². The van der Waals surface area contributed by atoms with Crippen molar-refractivity contribution in [2.24, 2.45) is 5.73 Å². The largest absolute Gasteiger partial charge is 0.345 e. The van der Waals surface area contributed by atoms with E-state index < -0.39 is 29.9 Å². The van der Waals surface area contributed by atoms with Gasteiger partial charge in [-0.2, -0.15) is 0 Å². The Hall–Kier alpha value is -1.28. The molecule has 0 rings (SSSR count).